The van der Waals surface area contributed by atoms with Gasteiger partial charge >= 0.3 is 5.97 Å². The Balaban J connectivity index is 3.48. The Labute approximate surface area is 348 Å². The molecule has 0 bridgehead atoms. The van der Waals surface area contributed by atoms with Crippen molar-refractivity contribution in [2.24, 2.45) is 0 Å². The van der Waals surface area contributed by atoms with Gasteiger partial charge in [0.05, 0.1) is 25.4 Å². The molecule has 0 aliphatic heterocycles. The Morgan fingerprint density at radius 2 is 0.893 bits per heavy atom. The molecule has 6 heteroatoms. The summed E-state index contributed by atoms with van der Waals surface area (Å²) in [5, 5.41) is 23.1. The molecule has 56 heavy (non-hydrogen) atoms. The molecule has 0 fully saturated rings. The molecule has 330 valence electrons. The SMILES string of the molecule is CCCCC/C=C\C/C=C\CCCCCCCCCC(=O)OCCCCCCCCCCCCC(=O)NC(CO)C(O)CCCCCCCCCCCCCC. The van der Waals surface area contributed by atoms with E-state index < -0.39 is 12.1 Å². The minimum absolute atomic E-state index is 0.0269. The lowest BCUT2D eigenvalue weighted by molar-refractivity contribution is -0.143. The number of unbranched alkanes of at least 4 members (excludes halogenated alkanes) is 30. The first kappa shape index (κ1) is 54.3. The molecule has 0 spiro atoms. The van der Waals surface area contributed by atoms with E-state index in [2.05, 4.69) is 43.5 Å². The second-order valence-electron chi connectivity index (χ2n) is 16.8. The molecule has 3 N–H and O–H groups in total. The number of rotatable bonds is 45. The van der Waals surface area contributed by atoms with Crippen molar-refractivity contribution in [3.05, 3.63) is 24.3 Å². The van der Waals surface area contributed by atoms with E-state index in [0.29, 0.717) is 25.9 Å². The average molecular weight is 790 g/mol. The van der Waals surface area contributed by atoms with Crippen molar-refractivity contribution in [2.75, 3.05) is 13.2 Å². The highest BCUT2D eigenvalue weighted by Gasteiger charge is 2.20. The van der Waals surface area contributed by atoms with Gasteiger partial charge < -0.3 is 20.3 Å². The Morgan fingerprint density at radius 1 is 0.500 bits per heavy atom. The fourth-order valence-electron chi connectivity index (χ4n) is 7.43. The van der Waals surface area contributed by atoms with E-state index >= 15 is 0 Å². The molecule has 2 atom stereocenters. The van der Waals surface area contributed by atoms with Crippen LogP contribution in [0, 0.1) is 0 Å². The molecule has 0 heterocycles. The van der Waals surface area contributed by atoms with Crippen molar-refractivity contribution in [3.8, 4) is 0 Å². The molecule has 0 aromatic rings. The predicted molar refractivity (Wildman–Crippen MR) is 241 cm³/mol. The first-order valence-corrected chi connectivity index (χ1v) is 24.6. The highest BCUT2D eigenvalue weighted by molar-refractivity contribution is 5.76. The zero-order valence-corrected chi connectivity index (χ0v) is 37.4. The third-order valence-electron chi connectivity index (χ3n) is 11.3. The number of carbonyl (C=O) groups is 2. The van der Waals surface area contributed by atoms with Crippen LogP contribution in [0.3, 0.4) is 0 Å². The lowest BCUT2D eigenvalue weighted by Gasteiger charge is -2.22. The van der Waals surface area contributed by atoms with Crippen molar-refractivity contribution >= 4 is 11.9 Å². The lowest BCUT2D eigenvalue weighted by atomic mass is 10.0. The summed E-state index contributed by atoms with van der Waals surface area (Å²) in [6.45, 7) is 4.86. The molecule has 0 aliphatic carbocycles. The predicted octanol–water partition coefficient (Wildman–Crippen LogP) is 14.3. The summed E-state index contributed by atoms with van der Waals surface area (Å²) in [6.07, 6.45) is 52.8. The summed E-state index contributed by atoms with van der Waals surface area (Å²) in [5.41, 5.74) is 0. The second kappa shape index (κ2) is 46.0. The Hall–Kier alpha value is -1.66. The van der Waals surface area contributed by atoms with Crippen LogP contribution in [-0.4, -0.2) is 47.4 Å². The van der Waals surface area contributed by atoms with E-state index in [1.165, 1.54) is 161 Å². The number of aliphatic hydroxyl groups is 2. The van der Waals surface area contributed by atoms with E-state index in [4.69, 9.17) is 4.74 Å². The average Bonchev–Trinajstić information content (AvgIpc) is 3.20. The fraction of sp³-hybridized carbons (Fsp3) is 0.880. The van der Waals surface area contributed by atoms with Gasteiger partial charge in [-0.05, 0) is 57.8 Å². The highest BCUT2D eigenvalue weighted by atomic mass is 16.5. The topological polar surface area (TPSA) is 95.9 Å². The van der Waals surface area contributed by atoms with Crippen molar-refractivity contribution in [1.82, 2.24) is 5.32 Å². The van der Waals surface area contributed by atoms with Crippen LogP contribution in [0.5, 0.6) is 0 Å². The molecule has 6 nitrogen and oxygen atoms in total. The van der Waals surface area contributed by atoms with E-state index in [0.717, 1.165) is 64.2 Å². The lowest BCUT2D eigenvalue weighted by Crippen LogP contribution is -2.45. The molecule has 0 saturated carbocycles. The van der Waals surface area contributed by atoms with Gasteiger partial charge in [-0.25, -0.2) is 0 Å². The number of hydrogen-bond donors (Lipinski definition) is 3. The van der Waals surface area contributed by atoms with E-state index in [1.807, 2.05) is 0 Å². The first-order chi connectivity index (χ1) is 27.5. The number of nitrogens with one attached hydrogen (secondary N) is 1. The minimum Gasteiger partial charge on any atom is -0.466 e. The molecule has 0 aromatic heterocycles. The van der Waals surface area contributed by atoms with Crippen LogP contribution in [0.2, 0.25) is 0 Å². The Morgan fingerprint density at radius 3 is 1.39 bits per heavy atom. The quantitative estimate of drug-likeness (QED) is 0.0324. The fourth-order valence-corrected chi connectivity index (χ4v) is 7.43. The summed E-state index contributed by atoms with van der Waals surface area (Å²) >= 11 is 0. The van der Waals surface area contributed by atoms with Crippen LogP contribution in [0.1, 0.15) is 258 Å². The van der Waals surface area contributed by atoms with Gasteiger partial charge in [0.1, 0.15) is 0 Å². The molecule has 0 aliphatic rings. The summed E-state index contributed by atoms with van der Waals surface area (Å²) < 4.78 is 5.45. The monoisotopic (exact) mass is 790 g/mol. The summed E-state index contributed by atoms with van der Waals surface area (Å²) in [7, 11) is 0. The van der Waals surface area contributed by atoms with E-state index in [1.54, 1.807) is 0 Å². The van der Waals surface area contributed by atoms with Crippen LogP contribution in [0.4, 0.5) is 0 Å². The van der Waals surface area contributed by atoms with Gasteiger partial charge in [0.15, 0.2) is 0 Å². The maximum Gasteiger partial charge on any atom is 0.305 e. The number of aliphatic hydroxyl groups excluding tert-OH is 2. The van der Waals surface area contributed by atoms with Gasteiger partial charge in [0, 0.05) is 12.8 Å². The minimum atomic E-state index is -0.678. The molecule has 0 saturated heterocycles. The van der Waals surface area contributed by atoms with Crippen molar-refractivity contribution < 1.29 is 24.5 Å². The van der Waals surface area contributed by atoms with Crippen LogP contribution in [-0.2, 0) is 14.3 Å². The number of esters is 1. The van der Waals surface area contributed by atoms with Crippen molar-refractivity contribution in [3.63, 3.8) is 0 Å². The second-order valence-corrected chi connectivity index (χ2v) is 16.8. The van der Waals surface area contributed by atoms with Gasteiger partial charge in [0.25, 0.3) is 0 Å². The van der Waals surface area contributed by atoms with Crippen LogP contribution in [0.15, 0.2) is 24.3 Å². The van der Waals surface area contributed by atoms with E-state index in [9.17, 15) is 19.8 Å². The first-order valence-electron chi connectivity index (χ1n) is 24.6. The Bertz CT molecular complexity index is 874. The van der Waals surface area contributed by atoms with Crippen molar-refractivity contribution in [2.45, 2.75) is 270 Å². The summed E-state index contributed by atoms with van der Waals surface area (Å²) in [5.74, 6) is -0.0863. The number of ether oxygens (including phenoxy) is 1. The number of hydrogen-bond acceptors (Lipinski definition) is 5. The molecule has 0 rings (SSSR count). The maximum absolute atomic E-state index is 12.4. The number of allylic oxidation sites excluding steroid dienone is 4. The molecular weight excluding hydrogens is 695 g/mol. The summed E-state index contributed by atoms with van der Waals surface area (Å²) in [4.78, 5) is 24.4. The zero-order valence-electron chi connectivity index (χ0n) is 37.4. The standard InChI is InChI=1S/C50H95NO5/c1-3-5-7-9-11-13-15-17-18-19-20-21-23-28-32-36-40-44-50(55)56-45-41-37-33-29-25-24-27-31-35-39-43-49(54)51-47(46-52)48(53)42-38-34-30-26-22-16-14-12-10-8-6-4-2/h11,13,17-18,47-48,52-53H,3-10,12,14-16,19-46H2,1-2H3,(H,51,54)/b13-11-,18-17-. The van der Waals surface area contributed by atoms with Gasteiger partial charge in [0.2, 0.25) is 5.91 Å². The maximum atomic E-state index is 12.4. The van der Waals surface area contributed by atoms with Gasteiger partial charge in [-0.3, -0.25) is 9.59 Å². The van der Waals surface area contributed by atoms with Gasteiger partial charge in [-0.2, -0.15) is 0 Å². The smallest absolute Gasteiger partial charge is 0.305 e. The third kappa shape index (κ3) is 42.0. The molecule has 0 aromatic carbocycles. The number of carbonyl (C=O) groups excluding carboxylic acids is 2. The van der Waals surface area contributed by atoms with Crippen LogP contribution < -0.4 is 5.32 Å². The van der Waals surface area contributed by atoms with E-state index in [-0.39, 0.29) is 18.5 Å². The highest BCUT2D eigenvalue weighted by Crippen LogP contribution is 2.16. The van der Waals surface area contributed by atoms with Gasteiger partial charge in [-0.15, -0.1) is 0 Å². The molecule has 0 radical (unpaired) electrons. The molecule has 2 unspecified atom stereocenters. The summed E-state index contributed by atoms with van der Waals surface area (Å²) in [6, 6.07) is -0.557. The van der Waals surface area contributed by atoms with Crippen molar-refractivity contribution in [1.29, 1.82) is 0 Å². The molecular formula is C50H95NO5. The van der Waals surface area contributed by atoms with Crippen LogP contribution in [0.25, 0.3) is 0 Å². The Kier molecular flexibility index (Phi) is 44.7. The van der Waals surface area contributed by atoms with Crippen LogP contribution >= 0.6 is 0 Å². The normalized spacial score (nSPS) is 12.9. The third-order valence-corrected chi connectivity index (χ3v) is 11.3. The molecule has 1 amide bonds. The number of amides is 1. The van der Waals surface area contributed by atoms with Gasteiger partial charge in [-0.1, -0.05) is 212 Å². The largest absolute Gasteiger partial charge is 0.466 e. The zero-order chi connectivity index (χ0) is 40.8.